The summed E-state index contributed by atoms with van der Waals surface area (Å²) in [6.45, 7) is 0.449. The molecule has 31 heavy (non-hydrogen) atoms. The largest absolute Gasteiger partial charge is 0.488 e. The summed E-state index contributed by atoms with van der Waals surface area (Å²) in [5.41, 5.74) is 4.45. The lowest BCUT2D eigenvalue weighted by molar-refractivity contribution is -0.385. The fraction of sp³-hybridized carbons (Fsp3) is 0.0909. The maximum absolute atomic E-state index is 12.1. The van der Waals surface area contributed by atoms with E-state index in [0.717, 1.165) is 15.6 Å². The Kier molecular flexibility index (Phi) is 8.13. The van der Waals surface area contributed by atoms with Gasteiger partial charge in [0.2, 0.25) is 5.91 Å². The summed E-state index contributed by atoms with van der Waals surface area (Å²) in [6.07, 6.45) is 1.36. The minimum Gasteiger partial charge on any atom is -0.488 e. The van der Waals surface area contributed by atoms with Gasteiger partial charge in [0.15, 0.2) is 0 Å². The highest BCUT2D eigenvalue weighted by Gasteiger charge is 2.15. The monoisotopic (exact) mass is 593 g/mol. The molecule has 0 atom stereocenters. The van der Waals surface area contributed by atoms with Gasteiger partial charge >= 0.3 is 0 Å². The van der Waals surface area contributed by atoms with Crippen molar-refractivity contribution in [3.8, 4) is 5.75 Å². The van der Waals surface area contributed by atoms with E-state index in [1.165, 1.54) is 15.9 Å². The number of nitrogens with one attached hydrogen (secondary N) is 1. The molecule has 0 unspecified atom stereocenters. The van der Waals surface area contributed by atoms with Crippen molar-refractivity contribution in [2.45, 2.75) is 13.0 Å². The maximum Gasteiger partial charge on any atom is 0.273 e. The third kappa shape index (κ3) is 6.86. The Morgan fingerprint density at radius 3 is 2.61 bits per heavy atom. The number of carbonyl (C=O) groups excluding carboxylic acids is 1. The predicted molar refractivity (Wildman–Crippen MR) is 130 cm³/mol. The Balaban J connectivity index is 1.55. The third-order valence-electron chi connectivity index (χ3n) is 4.21. The highest BCUT2D eigenvalue weighted by Crippen LogP contribution is 2.26. The quantitative estimate of drug-likeness (QED) is 0.167. The first kappa shape index (κ1) is 22.9. The van der Waals surface area contributed by atoms with E-state index in [2.05, 4.69) is 49.0 Å². The molecule has 9 heteroatoms. The summed E-state index contributed by atoms with van der Waals surface area (Å²) in [5.74, 6) is 0.248. The van der Waals surface area contributed by atoms with Crippen LogP contribution in [0.5, 0.6) is 5.75 Å². The van der Waals surface area contributed by atoms with Gasteiger partial charge in [-0.25, -0.2) is 5.43 Å². The van der Waals surface area contributed by atoms with Crippen molar-refractivity contribution in [2.75, 3.05) is 0 Å². The lowest BCUT2D eigenvalue weighted by Gasteiger charge is -2.09. The number of halogens is 2. The maximum atomic E-state index is 12.1. The van der Waals surface area contributed by atoms with Gasteiger partial charge in [0, 0.05) is 15.2 Å². The van der Waals surface area contributed by atoms with Crippen LogP contribution in [0.25, 0.3) is 0 Å². The second-order valence-electron chi connectivity index (χ2n) is 6.46. The van der Waals surface area contributed by atoms with Gasteiger partial charge < -0.3 is 4.74 Å². The number of carbonyl (C=O) groups is 1. The molecular formula is C22H17BrIN3O4. The number of hydrogen-bond donors (Lipinski definition) is 1. The fourth-order valence-corrected chi connectivity index (χ4v) is 3.56. The molecule has 158 valence electrons. The van der Waals surface area contributed by atoms with Crippen molar-refractivity contribution in [3.05, 3.63) is 102 Å². The Morgan fingerprint density at radius 1 is 1.16 bits per heavy atom. The number of benzene rings is 3. The molecule has 0 aliphatic rings. The molecule has 0 radical (unpaired) electrons. The van der Waals surface area contributed by atoms with Gasteiger partial charge in [-0.1, -0.05) is 30.3 Å². The highest BCUT2D eigenvalue weighted by atomic mass is 127. The predicted octanol–water partition coefficient (Wildman–Crippen LogP) is 5.23. The summed E-state index contributed by atoms with van der Waals surface area (Å²) in [7, 11) is 0. The molecule has 0 fully saturated rings. The molecule has 0 bridgehead atoms. The highest BCUT2D eigenvalue weighted by molar-refractivity contribution is 14.1. The number of para-hydroxylation sites is 1. The van der Waals surface area contributed by atoms with Gasteiger partial charge in [-0.05, 0) is 80.0 Å². The Labute approximate surface area is 200 Å². The lowest BCUT2D eigenvalue weighted by Crippen LogP contribution is -2.20. The number of hydrogen-bond acceptors (Lipinski definition) is 5. The molecule has 3 rings (SSSR count). The number of nitro benzene ring substituents is 1. The molecule has 3 aromatic rings. The molecule has 0 aromatic heterocycles. The zero-order valence-corrected chi connectivity index (χ0v) is 19.9. The van der Waals surface area contributed by atoms with Crippen molar-refractivity contribution in [3.63, 3.8) is 0 Å². The first-order valence-corrected chi connectivity index (χ1v) is 11.0. The summed E-state index contributed by atoms with van der Waals surface area (Å²) in [4.78, 5) is 22.6. The first-order chi connectivity index (χ1) is 14.9. The average molecular weight is 594 g/mol. The summed E-state index contributed by atoms with van der Waals surface area (Å²) >= 11 is 5.74. The van der Waals surface area contributed by atoms with E-state index in [-0.39, 0.29) is 12.1 Å². The molecular weight excluding hydrogens is 577 g/mol. The minimum atomic E-state index is -0.508. The zero-order chi connectivity index (χ0) is 22.2. The SMILES string of the molecule is O=C(Cc1ccccc1[N+](=O)[O-])N/N=C/c1ccc(OCc2ccc(I)cc2)c(Br)c1. The number of ether oxygens (including phenoxy) is 1. The van der Waals surface area contributed by atoms with E-state index in [1.807, 2.05) is 42.5 Å². The van der Waals surface area contributed by atoms with E-state index in [4.69, 9.17) is 4.74 Å². The van der Waals surface area contributed by atoms with Crippen LogP contribution in [0, 0.1) is 13.7 Å². The fourth-order valence-electron chi connectivity index (χ4n) is 2.69. The number of amides is 1. The molecule has 3 aromatic carbocycles. The van der Waals surface area contributed by atoms with Gasteiger partial charge in [0.25, 0.3) is 5.69 Å². The van der Waals surface area contributed by atoms with Crippen molar-refractivity contribution < 1.29 is 14.5 Å². The average Bonchev–Trinajstić information content (AvgIpc) is 2.74. The Bertz CT molecular complexity index is 1120. The third-order valence-corrected chi connectivity index (χ3v) is 5.54. The molecule has 0 aliphatic heterocycles. The Morgan fingerprint density at radius 2 is 1.90 bits per heavy atom. The van der Waals surface area contributed by atoms with Crippen LogP contribution in [0.4, 0.5) is 5.69 Å². The van der Waals surface area contributed by atoms with Crippen LogP contribution in [-0.2, 0) is 17.8 Å². The van der Waals surface area contributed by atoms with Crippen LogP contribution in [0.3, 0.4) is 0 Å². The van der Waals surface area contributed by atoms with Gasteiger partial charge in [0.05, 0.1) is 22.0 Å². The lowest BCUT2D eigenvalue weighted by atomic mass is 10.1. The van der Waals surface area contributed by atoms with Crippen LogP contribution in [0.2, 0.25) is 0 Å². The van der Waals surface area contributed by atoms with Gasteiger partial charge in [-0.2, -0.15) is 5.10 Å². The van der Waals surface area contributed by atoms with Crippen LogP contribution in [0.1, 0.15) is 16.7 Å². The topological polar surface area (TPSA) is 93.8 Å². The normalized spacial score (nSPS) is 10.8. The zero-order valence-electron chi connectivity index (χ0n) is 16.1. The Hall–Kier alpha value is -2.79. The standard InChI is InChI=1S/C22H17BrIN3O4/c23-19-11-16(7-10-21(19)31-14-15-5-8-18(24)9-6-15)13-25-26-22(28)12-17-3-1-2-4-20(17)27(29)30/h1-11,13H,12,14H2,(H,26,28)/b25-13+. The smallest absolute Gasteiger partial charge is 0.273 e. The van der Waals surface area contributed by atoms with Crippen LogP contribution >= 0.6 is 38.5 Å². The van der Waals surface area contributed by atoms with Crippen LogP contribution in [-0.4, -0.2) is 17.0 Å². The summed E-state index contributed by atoms with van der Waals surface area (Å²) in [5, 5.41) is 15.0. The van der Waals surface area contributed by atoms with E-state index in [1.54, 1.807) is 18.2 Å². The van der Waals surface area contributed by atoms with Crippen molar-refractivity contribution in [1.29, 1.82) is 0 Å². The molecule has 1 N–H and O–H groups in total. The molecule has 0 heterocycles. The van der Waals surface area contributed by atoms with Crippen LogP contribution in [0.15, 0.2) is 76.3 Å². The molecule has 0 spiro atoms. The molecule has 0 saturated carbocycles. The van der Waals surface area contributed by atoms with Gasteiger partial charge in [-0.3, -0.25) is 14.9 Å². The van der Waals surface area contributed by atoms with Gasteiger partial charge in [0.1, 0.15) is 12.4 Å². The van der Waals surface area contributed by atoms with E-state index in [9.17, 15) is 14.9 Å². The van der Waals surface area contributed by atoms with Crippen molar-refractivity contribution in [2.24, 2.45) is 5.10 Å². The van der Waals surface area contributed by atoms with E-state index >= 15 is 0 Å². The van der Waals surface area contributed by atoms with E-state index < -0.39 is 10.8 Å². The summed E-state index contributed by atoms with van der Waals surface area (Å²) < 4.78 is 7.76. The first-order valence-electron chi connectivity index (χ1n) is 9.13. The number of nitrogens with zero attached hydrogens (tertiary/aromatic N) is 2. The molecule has 0 saturated heterocycles. The van der Waals surface area contributed by atoms with Crippen molar-refractivity contribution >= 4 is 56.3 Å². The second kappa shape index (κ2) is 11.0. The number of rotatable bonds is 8. The second-order valence-corrected chi connectivity index (χ2v) is 8.56. The minimum absolute atomic E-state index is 0.0913. The van der Waals surface area contributed by atoms with Crippen LogP contribution < -0.4 is 10.2 Å². The van der Waals surface area contributed by atoms with Crippen molar-refractivity contribution in [1.82, 2.24) is 5.43 Å². The van der Waals surface area contributed by atoms with E-state index in [0.29, 0.717) is 17.9 Å². The van der Waals surface area contributed by atoms with Gasteiger partial charge in [-0.15, -0.1) is 0 Å². The molecule has 0 aliphatic carbocycles. The summed E-state index contributed by atoms with van der Waals surface area (Å²) in [6, 6.07) is 19.7. The molecule has 1 amide bonds. The number of nitro groups is 1. The molecule has 7 nitrogen and oxygen atoms in total. The number of hydrazone groups is 1.